The van der Waals surface area contributed by atoms with Crippen LogP contribution in [-0.2, 0) is 4.79 Å². The molecule has 5 heteroatoms. The van der Waals surface area contributed by atoms with Crippen LogP contribution in [0.5, 0.6) is 11.5 Å². The van der Waals surface area contributed by atoms with Crippen LogP contribution in [0.25, 0.3) is 0 Å². The first kappa shape index (κ1) is 15.6. The molecule has 21 heavy (non-hydrogen) atoms. The van der Waals surface area contributed by atoms with Crippen molar-refractivity contribution >= 4 is 11.6 Å². The number of carbonyl (C=O) groups excluding carboxylic acids is 1. The van der Waals surface area contributed by atoms with Crippen molar-refractivity contribution in [3.05, 3.63) is 18.2 Å². The van der Waals surface area contributed by atoms with E-state index in [2.05, 4.69) is 17.6 Å². The average Bonchev–Trinajstić information content (AvgIpc) is 2.48. The van der Waals surface area contributed by atoms with E-state index in [0.29, 0.717) is 11.4 Å². The molecule has 0 aromatic heterocycles. The second-order valence-electron chi connectivity index (χ2n) is 5.62. The number of methoxy groups -OCH3 is 1. The van der Waals surface area contributed by atoms with E-state index in [0.717, 1.165) is 38.8 Å². The van der Waals surface area contributed by atoms with Gasteiger partial charge in [-0.2, -0.15) is 0 Å². The standard InChI is InChI=1S/C16H24N2O3/c1-3-6-16(7-9-17-10-8-16)15(20)18-12-4-5-14(21-2)13(19)11-12/h4-5,11,17,19H,3,6-10H2,1-2H3,(H,18,20). The molecule has 3 N–H and O–H groups in total. The predicted molar refractivity (Wildman–Crippen MR) is 82.7 cm³/mol. The maximum absolute atomic E-state index is 12.7. The summed E-state index contributed by atoms with van der Waals surface area (Å²) >= 11 is 0. The van der Waals surface area contributed by atoms with Crippen LogP contribution >= 0.6 is 0 Å². The lowest BCUT2D eigenvalue weighted by atomic mass is 9.74. The van der Waals surface area contributed by atoms with Crippen molar-refractivity contribution in [3.63, 3.8) is 0 Å². The summed E-state index contributed by atoms with van der Waals surface area (Å²) in [6.07, 6.45) is 3.59. The second-order valence-corrected chi connectivity index (χ2v) is 5.62. The Balaban J connectivity index is 2.13. The fourth-order valence-electron chi connectivity index (χ4n) is 3.01. The average molecular weight is 292 g/mol. The van der Waals surface area contributed by atoms with Gasteiger partial charge in [0.15, 0.2) is 11.5 Å². The molecule has 0 spiro atoms. The molecule has 0 atom stereocenters. The summed E-state index contributed by atoms with van der Waals surface area (Å²) in [4.78, 5) is 12.7. The van der Waals surface area contributed by atoms with Gasteiger partial charge in [0, 0.05) is 11.8 Å². The minimum absolute atomic E-state index is 0.0325. The minimum atomic E-state index is -0.296. The van der Waals surface area contributed by atoms with E-state index in [4.69, 9.17) is 4.74 Å². The molecule has 0 saturated carbocycles. The first-order valence-electron chi connectivity index (χ1n) is 7.50. The van der Waals surface area contributed by atoms with Crippen molar-refractivity contribution < 1.29 is 14.6 Å². The van der Waals surface area contributed by atoms with Gasteiger partial charge in [-0.25, -0.2) is 0 Å². The summed E-state index contributed by atoms with van der Waals surface area (Å²) in [5.74, 6) is 0.485. The first-order chi connectivity index (χ1) is 10.1. The van der Waals surface area contributed by atoms with E-state index in [1.807, 2.05) is 0 Å². The zero-order valence-electron chi connectivity index (χ0n) is 12.7. The number of hydrogen-bond donors (Lipinski definition) is 3. The summed E-state index contributed by atoms with van der Waals surface area (Å²) in [6, 6.07) is 4.93. The largest absolute Gasteiger partial charge is 0.504 e. The Morgan fingerprint density at radius 3 is 2.71 bits per heavy atom. The number of ether oxygens (including phenoxy) is 1. The molecule has 0 unspecified atom stereocenters. The van der Waals surface area contributed by atoms with Crippen molar-refractivity contribution in [2.75, 3.05) is 25.5 Å². The summed E-state index contributed by atoms with van der Waals surface area (Å²) in [5, 5.41) is 16.0. The number of carbonyl (C=O) groups is 1. The van der Waals surface area contributed by atoms with E-state index < -0.39 is 0 Å². The van der Waals surface area contributed by atoms with Gasteiger partial charge in [0.1, 0.15) is 0 Å². The third-order valence-corrected chi connectivity index (χ3v) is 4.21. The Morgan fingerprint density at radius 2 is 2.14 bits per heavy atom. The SMILES string of the molecule is CCCC1(C(=O)Nc2ccc(OC)c(O)c2)CCNCC1. The molecule has 116 valence electrons. The molecule has 1 aromatic carbocycles. The third-order valence-electron chi connectivity index (χ3n) is 4.21. The number of phenols is 1. The Bertz CT molecular complexity index is 491. The van der Waals surface area contributed by atoms with Crippen molar-refractivity contribution in [2.24, 2.45) is 5.41 Å². The molecule has 0 radical (unpaired) electrons. The highest BCUT2D eigenvalue weighted by atomic mass is 16.5. The van der Waals surface area contributed by atoms with Gasteiger partial charge in [0.05, 0.1) is 12.5 Å². The molecule has 1 saturated heterocycles. The van der Waals surface area contributed by atoms with Crippen LogP contribution in [0, 0.1) is 5.41 Å². The molecular formula is C16H24N2O3. The summed E-state index contributed by atoms with van der Waals surface area (Å²) < 4.78 is 5.01. The van der Waals surface area contributed by atoms with Gasteiger partial charge in [-0.3, -0.25) is 4.79 Å². The third kappa shape index (κ3) is 3.47. The Kier molecular flexibility index (Phi) is 5.07. The van der Waals surface area contributed by atoms with Crippen LogP contribution in [0.2, 0.25) is 0 Å². The number of piperidine rings is 1. The molecule has 1 aliphatic heterocycles. The summed E-state index contributed by atoms with van der Waals surface area (Å²) in [7, 11) is 1.50. The molecule has 1 aliphatic rings. The van der Waals surface area contributed by atoms with Crippen LogP contribution < -0.4 is 15.4 Å². The highest BCUT2D eigenvalue weighted by molar-refractivity contribution is 5.95. The van der Waals surface area contributed by atoms with E-state index >= 15 is 0 Å². The van der Waals surface area contributed by atoms with Crippen molar-refractivity contribution in [3.8, 4) is 11.5 Å². The zero-order valence-corrected chi connectivity index (χ0v) is 12.7. The number of anilines is 1. The predicted octanol–water partition coefficient (Wildman–Crippen LogP) is 2.51. The fourth-order valence-corrected chi connectivity index (χ4v) is 3.01. The van der Waals surface area contributed by atoms with Crippen LogP contribution in [0.4, 0.5) is 5.69 Å². The van der Waals surface area contributed by atoms with Crippen LogP contribution in [0.3, 0.4) is 0 Å². The number of rotatable bonds is 5. The van der Waals surface area contributed by atoms with E-state index in [-0.39, 0.29) is 17.1 Å². The monoisotopic (exact) mass is 292 g/mol. The number of phenolic OH excluding ortho intramolecular Hbond substituents is 1. The topological polar surface area (TPSA) is 70.6 Å². The number of nitrogens with one attached hydrogen (secondary N) is 2. The highest BCUT2D eigenvalue weighted by Crippen LogP contribution is 2.36. The van der Waals surface area contributed by atoms with Gasteiger partial charge in [-0.15, -0.1) is 0 Å². The van der Waals surface area contributed by atoms with E-state index in [9.17, 15) is 9.90 Å². The molecule has 1 aromatic rings. The Hall–Kier alpha value is -1.75. The van der Waals surface area contributed by atoms with E-state index in [1.165, 1.54) is 13.2 Å². The number of hydrogen-bond acceptors (Lipinski definition) is 4. The molecule has 5 nitrogen and oxygen atoms in total. The zero-order chi connectivity index (χ0) is 15.3. The van der Waals surface area contributed by atoms with Gasteiger partial charge < -0.3 is 20.5 Å². The fraction of sp³-hybridized carbons (Fsp3) is 0.562. The lowest BCUT2D eigenvalue weighted by Crippen LogP contribution is -2.44. The lowest BCUT2D eigenvalue weighted by molar-refractivity contribution is -0.127. The Labute approximate surface area is 125 Å². The molecule has 1 heterocycles. The molecule has 1 amide bonds. The summed E-state index contributed by atoms with van der Waals surface area (Å²) in [5.41, 5.74) is 0.308. The second kappa shape index (κ2) is 6.80. The number of amides is 1. The van der Waals surface area contributed by atoms with Gasteiger partial charge in [0.2, 0.25) is 5.91 Å². The molecule has 2 rings (SSSR count). The maximum atomic E-state index is 12.7. The maximum Gasteiger partial charge on any atom is 0.230 e. The molecule has 0 bridgehead atoms. The van der Waals surface area contributed by atoms with Gasteiger partial charge >= 0.3 is 0 Å². The first-order valence-corrected chi connectivity index (χ1v) is 7.50. The normalized spacial score (nSPS) is 17.2. The lowest BCUT2D eigenvalue weighted by Gasteiger charge is -2.36. The van der Waals surface area contributed by atoms with Crippen LogP contribution in [0.15, 0.2) is 18.2 Å². The molecule has 1 fully saturated rings. The van der Waals surface area contributed by atoms with Crippen molar-refractivity contribution in [2.45, 2.75) is 32.6 Å². The van der Waals surface area contributed by atoms with E-state index in [1.54, 1.807) is 12.1 Å². The smallest absolute Gasteiger partial charge is 0.230 e. The van der Waals surface area contributed by atoms with Crippen LogP contribution in [0.1, 0.15) is 32.6 Å². The molecule has 0 aliphatic carbocycles. The minimum Gasteiger partial charge on any atom is -0.504 e. The highest BCUT2D eigenvalue weighted by Gasteiger charge is 2.38. The molecular weight excluding hydrogens is 268 g/mol. The van der Waals surface area contributed by atoms with Crippen molar-refractivity contribution in [1.29, 1.82) is 0 Å². The van der Waals surface area contributed by atoms with Crippen LogP contribution in [-0.4, -0.2) is 31.2 Å². The Morgan fingerprint density at radius 1 is 1.43 bits per heavy atom. The van der Waals surface area contributed by atoms with Crippen molar-refractivity contribution in [1.82, 2.24) is 5.32 Å². The number of aromatic hydroxyl groups is 1. The van der Waals surface area contributed by atoms with Gasteiger partial charge in [0.25, 0.3) is 0 Å². The quantitative estimate of drug-likeness (QED) is 0.780. The summed E-state index contributed by atoms with van der Waals surface area (Å²) in [6.45, 7) is 3.86. The van der Waals surface area contributed by atoms with Gasteiger partial charge in [-0.1, -0.05) is 13.3 Å². The number of benzene rings is 1. The van der Waals surface area contributed by atoms with Gasteiger partial charge in [-0.05, 0) is 44.5 Å².